The van der Waals surface area contributed by atoms with Crippen molar-refractivity contribution in [1.29, 1.82) is 0 Å². The van der Waals surface area contributed by atoms with Crippen molar-refractivity contribution in [2.24, 2.45) is 11.7 Å². The zero-order chi connectivity index (χ0) is 11.5. The van der Waals surface area contributed by atoms with E-state index >= 15 is 0 Å². The first-order valence-electron chi connectivity index (χ1n) is 5.16. The van der Waals surface area contributed by atoms with Crippen molar-refractivity contribution >= 4 is 0 Å². The van der Waals surface area contributed by atoms with Gasteiger partial charge in [-0.25, -0.2) is 14.6 Å². The van der Waals surface area contributed by atoms with Crippen LogP contribution < -0.4 is 5.73 Å². The van der Waals surface area contributed by atoms with Gasteiger partial charge in [0.2, 0.25) is 0 Å². The number of nitrogens with one attached hydrogen (secondary N) is 1. The lowest BCUT2D eigenvalue weighted by Crippen LogP contribution is -2.18. The van der Waals surface area contributed by atoms with Gasteiger partial charge in [-0.15, -0.1) is 0 Å². The molecule has 2 aromatic heterocycles. The summed E-state index contributed by atoms with van der Waals surface area (Å²) in [5, 5.41) is 10.9. The van der Waals surface area contributed by atoms with Crippen molar-refractivity contribution in [3.63, 3.8) is 0 Å². The second kappa shape index (κ2) is 4.40. The summed E-state index contributed by atoms with van der Waals surface area (Å²) in [4.78, 5) is 8.18. The molecule has 86 valence electrons. The fraction of sp³-hybridized carbons (Fsp3) is 0.556. The summed E-state index contributed by atoms with van der Waals surface area (Å²) in [5.74, 6) is 1.69. The molecule has 1 atom stereocenters. The highest BCUT2D eigenvalue weighted by Crippen LogP contribution is 2.14. The predicted octanol–water partition coefficient (Wildman–Crippen LogP) is 0.100. The van der Waals surface area contributed by atoms with Gasteiger partial charge in [0.25, 0.3) is 0 Å². The van der Waals surface area contributed by atoms with Gasteiger partial charge in [-0.1, -0.05) is 13.8 Å². The van der Waals surface area contributed by atoms with Gasteiger partial charge in [0.05, 0.1) is 6.04 Å². The summed E-state index contributed by atoms with van der Waals surface area (Å²) in [7, 11) is 0. The molecule has 0 unspecified atom stereocenters. The molecule has 2 rings (SSSR count). The van der Waals surface area contributed by atoms with E-state index in [4.69, 9.17) is 5.73 Å². The Morgan fingerprint density at radius 3 is 2.94 bits per heavy atom. The largest absolute Gasteiger partial charge is 0.321 e. The standard InChI is InChI=1S/C9H15N7/c1-6(2)8(10)9-13-7(14-15-9)3-16-5-11-4-12-16/h4-6,8H,3,10H2,1-2H3,(H,13,14,15)/t8-/m1/s1. The smallest absolute Gasteiger partial charge is 0.167 e. The molecule has 0 fully saturated rings. The SMILES string of the molecule is CC(C)[C@@H](N)c1n[nH]c(Cn2cncn2)n1. The van der Waals surface area contributed by atoms with E-state index in [-0.39, 0.29) is 6.04 Å². The minimum Gasteiger partial charge on any atom is -0.321 e. The van der Waals surface area contributed by atoms with Gasteiger partial charge in [0.15, 0.2) is 5.82 Å². The summed E-state index contributed by atoms with van der Waals surface area (Å²) in [5.41, 5.74) is 5.94. The van der Waals surface area contributed by atoms with E-state index in [2.05, 4.69) is 25.3 Å². The van der Waals surface area contributed by atoms with Crippen LogP contribution in [0.2, 0.25) is 0 Å². The van der Waals surface area contributed by atoms with Gasteiger partial charge in [-0.2, -0.15) is 10.2 Å². The van der Waals surface area contributed by atoms with Crippen LogP contribution in [0.5, 0.6) is 0 Å². The first kappa shape index (κ1) is 10.7. The highest BCUT2D eigenvalue weighted by molar-refractivity contribution is 4.97. The highest BCUT2D eigenvalue weighted by Gasteiger charge is 2.15. The molecular formula is C9H15N7. The highest BCUT2D eigenvalue weighted by atomic mass is 15.3. The molecule has 0 bridgehead atoms. The third-order valence-electron chi connectivity index (χ3n) is 2.34. The van der Waals surface area contributed by atoms with Gasteiger partial charge in [0.1, 0.15) is 25.0 Å². The maximum atomic E-state index is 5.94. The number of rotatable bonds is 4. The zero-order valence-electron chi connectivity index (χ0n) is 9.33. The molecule has 16 heavy (non-hydrogen) atoms. The fourth-order valence-corrected chi connectivity index (χ4v) is 1.30. The van der Waals surface area contributed by atoms with Gasteiger partial charge in [-0.3, -0.25) is 5.10 Å². The number of aromatic amines is 1. The first-order valence-corrected chi connectivity index (χ1v) is 5.16. The van der Waals surface area contributed by atoms with Crippen molar-refractivity contribution in [2.45, 2.75) is 26.4 Å². The van der Waals surface area contributed by atoms with Gasteiger partial charge >= 0.3 is 0 Å². The van der Waals surface area contributed by atoms with E-state index in [1.807, 2.05) is 13.8 Å². The average molecular weight is 221 g/mol. The van der Waals surface area contributed by atoms with Crippen LogP contribution >= 0.6 is 0 Å². The molecular weight excluding hydrogens is 206 g/mol. The van der Waals surface area contributed by atoms with Crippen molar-refractivity contribution in [3.05, 3.63) is 24.3 Å². The minimum atomic E-state index is -0.138. The van der Waals surface area contributed by atoms with Crippen LogP contribution in [0, 0.1) is 5.92 Å². The number of H-pyrrole nitrogens is 1. The molecule has 0 aliphatic carbocycles. The van der Waals surface area contributed by atoms with Crippen LogP contribution in [0.3, 0.4) is 0 Å². The Kier molecular flexibility index (Phi) is 2.95. The molecule has 2 aromatic rings. The van der Waals surface area contributed by atoms with E-state index < -0.39 is 0 Å². The first-order chi connectivity index (χ1) is 7.66. The minimum absolute atomic E-state index is 0.138. The molecule has 0 aromatic carbocycles. The Morgan fingerprint density at radius 1 is 1.50 bits per heavy atom. The maximum absolute atomic E-state index is 5.94. The molecule has 3 N–H and O–H groups in total. The van der Waals surface area contributed by atoms with Crippen LogP contribution in [-0.4, -0.2) is 29.9 Å². The summed E-state index contributed by atoms with van der Waals surface area (Å²) < 4.78 is 1.67. The van der Waals surface area contributed by atoms with Crippen molar-refractivity contribution < 1.29 is 0 Å². The number of nitrogens with zero attached hydrogens (tertiary/aromatic N) is 5. The number of aromatic nitrogens is 6. The molecule has 7 nitrogen and oxygen atoms in total. The molecule has 0 amide bonds. The second-order valence-corrected chi connectivity index (χ2v) is 4.00. The lowest BCUT2D eigenvalue weighted by molar-refractivity contribution is 0.491. The van der Waals surface area contributed by atoms with E-state index in [0.29, 0.717) is 18.3 Å². The average Bonchev–Trinajstić information content (AvgIpc) is 2.88. The van der Waals surface area contributed by atoms with E-state index in [1.165, 1.54) is 6.33 Å². The van der Waals surface area contributed by atoms with Crippen molar-refractivity contribution in [2.75, 3.05) is 0 Å². The Balaban J connectivity index is 2.08. The molecule has 7 heteroatoms. The third kappa shape index (κ3) is 2.25. The number of hydrogen-bond donors (Lipinski definition) is 2. The van der Waals surface area contributed by atoms with E-state index in [0.717, 1.165) is 5.82 Å². The van der Waals surface area contributed by atoms with E-state index in [9.17, 15) is 0 Å². The summed E-state index contributed by atoms with van der Waals surface area (Å²) in [6, 6.07) is -0.138. The monoisotopic (exact) mass is 221 g/mol. The molecule has 0 spiro atoms. The Bertz CT molecular complexity index is 430. The number of hydrogen-bond acceptors (Lipinski definition) is 5. The van der Waals surface area contributed by atoms with Gasteiger partial charge < -0.3 is 5.73 Å². The fourth-order valence-electron chi connectivity index (χ4n) is 1.30. The number of nitrogens with two attached hydrogens (primary N) is 1. The van der Waals surface area contributed by atoms with Crippen LogP contribution in [0.25, 0.3) is 0 Å². The van der Waals surface area contributed by atoms with Gasteiger partial charge in [0, 0.05) is 0 Å². The lowest BCUT2D eigenvalue weighted by atomic mass is 10.1. The Labute approximate surface area is 93.1 Å². The molecule has 0 aliphatic heterocycles. The summed E-state index contributed by atoms with van der Waals surface area (Å²) in [6.45, 7) is 4.61. The normalized spacial score (nSPS) is 13.2. The van der Waals surface area contributed by atoms with Crippen LogP contribution in [0.15, 0.2) is 12.7 Å². The topological polar surface area (TPSA) is 98.3 Å². The predicted molar refractivity (Wildman–Crippen MR) is 57.3 cm³/mol. The summed E-state index contributed by atoms with van der Waals surface area (Å²) >= 11 is 0. The van der Waals surface area contributed by atoms with Crippen LogP contribution in [0.4, 0.5) is 0 Å². The maximum Gasteiger partial charge on any atom is 0.167 e. The Hall–Kier alpha value is -1.76. The van der Waals surface area contributed by atoms with Crippen molar-refractivity contribution in [1.82, 2.24) is 29.9 Å². The molecule has 0 radical (unpaired) electrons. The van der Waals surface area contributed by atoms with Gasteiger partial charge in [-0.05, 0) is 5.92 Å². The van der Waals surface area contributed by atoms with E-state index in [1.54, 1.807) is 11.0 Å². The zero-order valence-corrected chi connectivity index (χ0v) is 9.33. The molecule has 2 heterocycles. The van der Waals surface area contributed by atoms with Crippen molar-refractivity contribution in [3.8, 4) is 0 Å². The second-order valence-electron chi connectivity index (χ2n) is 4.00. The molecule has 0 saturated heterocycles. The molecule has 0 aliphatic rings. The lowest BCUT2D eigenvalue weighted by Gasteiger charge is -2.10. The van der Waals surface area contributed by atoms with Crippen LogP contribution in [0.1, 0.15) is 31.5 Å². The third-order valence-corrected chi connectivity index (χ3v) is 2.34. The summed E-state index contributed by atoms with van der Waals surface area (Å²) in [6.07, 6.45) is 3.11. The molecule has 0 saturated carbocycles. The Morgan fingerprint density at radius 2 is 2.31 bits per heavy atom. The quantitative estimate of drug-likeness (QED) is 0.763. The van der Waals surface area contributed by atoms with Crippen LogP contribution in [-0.2, 0) is 6.54 Å².